The van der Waals surface area contributed by atoms with E-state index in [1.54, 1.807) is 30.3 Å². The fraction of sp³-hybridized carbons (Fsp3) is 0.0435. The molecule has 4 heteroatoms. The van der Waals surface area contributed by atoms with Crippen molar-refractivity contribution in [2.24, 2.45) is 0 Å². The Bertz CT molecular complexity index is 935. The third kappa shape index (κ3) is 5.68. The molecular formula is C23H20N2O2. The van der Waals surface area contributed by atoms with Crippen LogP contribution in [0.25, 0.3) is 6.08 Å². The molecule has 0 heterocycles. The van der Waals surface area contributed by atoms with Crippen LogP contribution in [0.15, 0.2) is 91.0 Å². The van der Waals surface area contributed by atoms with Crippen molar-refractivity contribution in [1.29, 1.82) is 0 Å². The first-order valence-electron chi connectivity index (χ1n) is 8.67. The number of rotatable bonds is 6. The molecule has 0 fully saturated rings. The van der Waals surface area contributed by atoms with Crippen LogP contribution in [-0.4, -0.2) is 11.8 Å². The van der Waals surface area contributed by atoms with E-state index in [-0.39, 0.29) is 11.8 Å². The third-order valence-electron chi connectivity index (χ3n) is 3.91. The van der Waals surface area contributed by atoms with Gasteiger partial charge in [-0.25, -0.2) is 0 Å². The van der Waals surface area contributed by atoms with Gasteiger partial charge in [0, 0.05) is 23.9 Å². The van der Waals surface area contributed by atoms with Crippen LogP contribution in [0.2, 0.25) is 0 Å². The standard InChI is InChI=1S/C23H20N2O2/c26-22(15-14-18-8-3-1-4-9-18)25-21-13-7-12-20(16-21)23(27)24-17-19-10-5-2-6-11-19/h1-16H,17H2,(H,24,27)(H,25,26). The van der Waals surface area contributed by atoms with Gasteiger partial charge in [0.2, 0.25) is 5.91 Å². The Hall–Kier alpha value is -3.66. The predicted octanol–water partition coefficient (Wildman–Crippen LogP) is 4.27. The van der Waals surface area contributed by atoms with E-state index in [0.29, 0.717) is 17.8 Å². The summed E-state index contributed by atoms with van der Waals surface area (Å²) in [6, 6.07) is 26.2. The zero-order valence-electron chi connectivity index (χ0n) is 14.8. The van der Waals surface area contributed by atoms with Gasteiger partial charge in [-0.05, 0) is 35.4 Å². The average Bonchev–Trinajstić information content (AvgIpc) is 2.72. The van der Waals surface area contributed by atoms with Crippen molar-refractivity contribution in [2.45, 2.75) is 6.54 Å². The van der Waals surface area contributed by atoms with E-state index < -0.39 is 0 Å². The average molecular weight is 356 g/mol. The van der Waals surface area contributed by atoms with Crippen LogP contribution in [0.3, 0.4) is 0 Å². The molecule has 3 rings (SSSR count). The molecule has 0 unspecified atom stereocenters. The van der Waals surface area contributed by atoms with Crippen LogP contribution in [0.5, 0.6) is 0 Å². The minimum absolute atomic E-state index is 0.185. The molecule has 134 valence electrons. The fourth-order valence-electron chi connectivity index (χ4n) is 2.54. The summed E-state index contributed by atoms with van der Waals surface area (Å²) < 4.78 is 0. The Kier molecular flexibility index (Phi) is 6.15. The van der Waals surface area contributed by atoms with Gasteiger partial charge in [0.15, 0.2) is 0 Å². The summed E-state index contributed by atoms with van der Waals surface area (Å²) >= 11 is 0. The maximum Gasteiger partial charge on any atom is 0.251 e. The van der Waals surface area contributed by atoms with E-state index in [1.807, 2.05) is 60.7 Å². The highest BCUT2D eigenvalue weighted by Crippen LogP contribution is 2.11. The van der Waals surface area contributed by atoms with Crippen molar-refractivity contribution in [3.63, 3.8) is 0 Å². The first-order valence-corrected chi connectivity index (χ1v) is 8.67. The van der Waals surface area contributed by atoms with Gasteiger partial charge in [-0.3, -0.25) is 9.59 Å². The number of carbonyl (C=O) groups is 2. The summed E-state index contributed by atoms with van der Waals surface area (Å²) in [5.41, 5.74) is 3.05. The molecule has 2 amide bonds. The van der Waals surface area contributed by atoms with Crippen LogP contribution >= 0.6 is 0 Å². The zero-order valence-corrected chi connectivity index (χ0v) is 14.8. The largest absolute Gasteiger partial charge is 0.348 e. The zero-order chi connectivity index (χ0) is 18.9. The number of anilines is 1. The van der Waals surface area contributed by atoms with Gasteiger partial charge >= 0.3 is 0 Å². The van der Waals surface area contributed by atoms with E-state index in [9.17, 15) is 9.59 Å². The topological polar surface area (TPSA) is 58.2 Å². The van der Waals surface area contributed by atoms with Gasteiger partial charge in [-0.15, -0.1) is 0 Å². The second-order valence-electron chi connectivity index (χ2n) is 5.98. The van der Waals surface area contributed by atoms with E-state index in [1.165, 1.54) is 6.08 Å². The third-order valence-corrected chi connectivity index (χ3v) is 3.91. The lowest BCUT2D eigenvalue weighted by Crippen LogP contribution is -2.22. The summed E-state index contributed by atoms with van der Waals surface area (Å²) in [4.78, 5) is 24.4. The summed E-state index contributed by atoms with van der Waals surface area (Å²) in [7, 11) is 0. The summed E-state index contributed by atoms with van der Waals surface area (Å²) in [5.74, 6) is -0.435. The molecule has 2 N–H and O–H groups in total. The van der Waals surface area contributed by atoms with Gasteiger partial charge in [-0.2, -0.15) is 0 Å². The highest BCUT2D eigenvalue weighted by molar-refractivity contribution is 6.03. The Balaban J connectivity index is 1.58. The van der Waals surface area contributed by atoms with Gasteiger partial charge in [-0.1, -0.05) is 66.7 Å². The van der Waals surface area contributed by atoms with E-state index >= 15 is 0 Å². The van der Waals surface area contributed by atoms with Gasteiger partial charge in [0.1, 0.15) is 0 Å². The molecule has 0 saturated carbocycles. The van der Waals surface area contributed by atoms with E-state index in [4.69, 9.17) is 0 Å². The minimum atomic E-state index is -0.249. The molecule has 0 bridgehead atoms. The van der Waals surface area contributed by atoms with Crippen molar-refractivity contribution >= 4 is 23.6 Å². The second-order valence-corrected chi connectivity index (χ2v) is 5.98. The Morgan fingerprint density at radius 2 is 1.52 bits per heavy atom. The first kappa shape index (κ1) is 18.1. The lowest BCUT2D eigenvalue weighted by molar-refractivity contribution is -0.111. The van der Waals surface area contributed by atoms with Gasteiger partial charge < -0.3 is 10.6 Å². The Labute approximate surface area is 158 Å². The number of carbonyl (C=O) groups excluding carboxylic acids is 2. The molecule has 4 nitrogen and oxygen atoms in total. The van der Waals surface area contributed by atoms with Crippen LogP contribution in [0.1, 0.15) is 21.5 Å². The van der Waals surface area contributed by atoms with Crippen LogP contribution in [-0.2, 0) is 11.3 Å². The SMILES string of the molecule is O=C(C=Cc1ccccc1)Nc1cccc(C(=O)NCc2ccccc2)c1. The van der Waals surface area contributed by atoms with Crippen molar-refractivity contribution in [3.8, 4) is 0 Å². The van der Waals surface area contributed by atoms with Crippen molar-refractivity contribution in [3.05, 3.63) is 108 Å². The second kappa shape index (κ2) is 9.15. The first-order chi connectivity index (χ1) is 13.2. The van der Waals surface area contributed by atoms with Gasteiger partial charge in [0.25, 0.3) is 5.91 Å². The predicted molar refractivity (Wildman–Crippen MR) is 108 cm³/mol. The lowest BCUT2D eigenvalue weighted by Gasteiger charge is -2.07. The molecule has 3 aromatic rings. The van der Waals surface area contributed by atoms with Crippen molar-refractivity contribution in [1.82, 2.24) is 5.32 Å². The fourth-order valence-corrected chi connectivity index (χ4v) is 2.54. The maximum atomic E-state index is 12.3. The number of benzene rings is 3. The number of hydrogen-bond donors (Lipinski definition) is 2. The van der Waals surface area contributed by atoms with E-state index in [2.05, 4.69) is 10.6 Å². The molecule has 0 aromatic heterocycles. The molecule has 0 aliphatic carbocycles. The molecule has 0 atom stereocenters. The molecule has 27 heavy (non-hydrogen) atoms. The quantitative estimate of drug-likeness (QED) is 0.648. The smallest absolute Gasteiger partial charge is 0.251 e. The number of amides is 2. The monoisotopic (exact) mass is 356 g/mol. The van der Waals surface area contributed by atoms with Crippen LogP contribution in [0.4, 0.5) is 5.69 Å². The molecule has 0 radical (unpaired) electrons. The maximum absolute atomic E-state index is 12.3. The van der Waals surface area contributed by atoms with E-state index in [0.717, 1.165) is 11.1 Å². The molecule has 0 saturated heterocycles. The molecule has 3 aromatic carbocycles. The van der Waals surface area contributed by atoms with Crippen LogP contribution < -0.4 is 10.6 Å². The number of hydrogen-bond acceptors (Lipinski definition) is 2. The van der Waals surface area contributed by atoms with Crippen molar-refractivity contribution < 1.29 is 9.59 Å². The molecule has 0 aliphatic rings. The minimum Gasteiger partial charge on any atom is -0.348 e. The number of nitrogens with one attached hydrogen (secondary N) is 2. The molecule has 0 spiro atoms. The lowest BCUT2D eigenvalue weighted by atomic mass is 10.1. The van der Waals surface area contributed by atoms with Gasteiger partial charge in [0.05, 0.1) is 0 Å². The van der Waals surface area contributed by atoms with Crippen LogP contribution in [0, 0.1) is 0 Å². The highest BCUT2D eigenvalue weighted by Gasteiger charge is 2.07. The Morgan fingerprint density at radius 1 is 0.815 bits per heavy atom. The van der Waals surface area contributed by atoms with Crippen molar-refractivity contribution in [2.75, 3.05) is 5.32 Å². The summed E-state index contributed by atoms with van der Waals surface area (Å²) in [6.07, 6.45) is 3.21. The molecular weight excluding hydrogens is 336 g/mol. The highest BCUT2D eigenvalue weighted by atomic mass is 16.2. The summed E-state index contributed by atoms with van der Waals surface area (Å²) in [6.45, 7) is 0.454. The Morgan fingerprint density at radius 3 is 2.26 bits per heavy atom. The molecule has 0 aliphatic heterocycles. The normalized spacial score (nSPS) is 10.5. The summed E-state index contributed by atoms with van der Waals surface area (Å²) in [5, 5.41) is 5.65.